The summed E-state index contributed by atoms with van der Waals surface area (Å²) in [4.78, 5) is 34.3. The Morgan fingerprint density at radius 1 is 1.39 bits per heavy atom. The molecule has 0 aromatic carbocycles. The van der Waals surface area contributed by atoms with Gasteiger partial charge in [0, 0.05) is 19.9 Å². The number of hydrogen-bond donors (Lipinski definition) is 2. The van der Waals surface area contributed by atoms with Crippen LogP contribution in [0.1, 0.15) is 32.1 Å². The number of aliphatic carboxylic acids is 1. The highest BCUT2D eigenvalue weighted by molar-refractivity contribution is 6.40. The molecule has 2 aliphatic rings. The van der Waals surface area contributed by atoms with E-state index in [1.54, 1.807) is 0 Å². The molecule has 2 N–H and O–H groups in total. The predicted molar refractivity (Wildman–Crippen MR) is 61.8 cm³/mol. The van der Waals surface area contributed by atoms with Gasteiger partial charge in [0.25, 0.3) is 5.91 Å². The van der Waals surface area contributed by atoms with Crippen LogP contribution in [0, 0.1) is 0 Å². The number of hydrogen-bond acceptors (Lipinski definition) is 4. The van der Waals surface area contributed by atoms with Gasteiger partial charge < -0.3 is 10.4 Å². The van der Waals surface area contributed by atoms with Gasteiger partial charge in [0.1, 0.15) is 11.3 Å². The largest absolute Gasteiger partial charge is 0.480 e. The number of carboxylic acids is 1. The molecule has 1 aliphatic heterocycles. The highest BCUT2D eigenvalue weighted by Crippen LogP contribution is 2.32. The first kappa shape index (κ1) is 12.5. The van der Waals surface area contributed by atoms with Gasteiger partial charge in [-0.1, -0.05) is 0 Å². The van der Waals surface area contributed by atoms with Crippen molar-refractivity contribution in [3.8, 4) is 0 Å². The lowest BCUT2D eigenvalue weighted by Gasteiger charge is -2.38. The van der Waals surface area contributed by atoms with Crippen molar-refractivity contribution < 1.29 is 19.5 Å². The number of carbonyl (C=O) groups excluding carboxylic acids is 2. The molecule has 1 aliphatic carbocycles. The molecule has 0 unspecified atom stereocenters. The Morgan fingerprint density at radius 3 is 2.50 bits per heavy atom. The van der Waals surface area contributed by atoms with Crippen molar-refractivity contribution in [2.75, 3.05) is 7.05 Å². The lowest BCUT2D eigenvalue weighted by Crippen LogP contribution is -2.60. The minimum atomic E-state index is -1.14. The molecule has 1 saturated carbocycles. The summed E-state index contributed by atoms with van der Waals surface area (Å²) in [6, 6.07) is 0. The summed E-state index contributed by atoms with van der Waals surface area (Å²) in [5, 5.41) is 16.6. The van der Waals surface area contributed by atoms with Gasteiger partial charge in [-0.25, -0.2) is 9.80 Å². The normalized spacial score (nSPS) is 21.9. The van der Waals surface area contributed by atoms with E-state index in [9.17, 15) is 14.4 Å². The molecule has 0 aromatic rings. The molecule has 1 heterocycles. The van der Waals surface area contributed by atoms with Crippen molar-refractivity contribution in [3.05, 3.63) is 0 Å². The van der Waals surface area contributed by atoms with Crippen LogP contribution in [0.15, 0.2) is 5.10 Å². The standard InChI is InChI=1S/C11H15N3O4/c1-14-8(15)4-3-7(13-14)9(16)12-11(10(17)18)5-2-6-11/h2-6H2,1H3,(H,12,16)(H,17,18). The fourth-order valence-electron chi connectivity index (χ4n) is 2.05. The van der Waals surface area contributed by atoms with E-state index in [1.807, 2.05) is 0 Å². The highest BCUT2D eigenvalue weighted by atomic mass is 16.4. The van der Waals surface area contributed by atoms with Gasteiger partial charge in [0.15, 0.2) is 0 Å². The van der Waals surface area contributed by atoms with Crippen LogP contribution >= 0.6 is 0 Å². The van der Waals surface area contributed by atoms with Crippen molar-refractivity contribution in [1.29, 1.82) is 0 Å². The van der Waals surface area contributed by atoms with E-state index in [4.69, 9.17) is 5.11 Å². The van der Waals surface area contributed by atoms with Crippen LogP contribution in [0.5, 0.6) is 0 Å². The Labute approximate surface area is 104 Å². The molecule has 2 rings (SSSR count). The van der Waals surface area contributed by atoms with Gasteiger partial charge in [-0.05, 0) is 19.3 Å². The van der Waals surface area contributed by atoms with Gasteiger partial charge >= 0.3 is 5.97 Å². The first-order valence-corrected chi connectivity index (χ1v) is 5.84. The van der Waals surface area contributed by atoms with Crippen molar-refractivity contribution in [2.45, 2.75) is 37.6 Å². The van der Waals surface area contributed by atoms with E-state index in [-0.39, 0.29) is 24.5 Å². The fraction of sp³-hybridized carbons (Fsp3) is 0.636. The van der Waals surface area contributed by atoms with E-state index >= 15 is 0 Å². The third-order valence-corrected chi connectivity index (χ3v) is 3.44. The van der Waals surface area contributed by atoms with Crippen LogP contribution in [-0.2, 0) is 14.4 Å². The van der Waals surface area contributed by atoms with Crippen LogP contribution in [0.4, 0.5) is 0 Å². The average Bonchev–Trinajstić information content (AvgIpc) is 2.26. The van der Waals surface area contributed by atoms with E-state index < -0.39 is 17.4 Å². The molecule has 2 amide bonds. The second-order valence-electron chi connectivity index (χ2n) is 4.66. The van der Waals surface area contributed by atoms with Crippen molar-refractivity contribution >= 4 is 23.5 Å². The Kier molecular flexibility index (Phi) is 3.06. The molecule has 0 spiro atoms. The zero-order valence-electron chi connectivity index (χ0n) is 10.1. The second-order valence-corrected chi connectivity index (χ2v) is 4.66. The minimum absolute atomic E-state index is 0.150. The van der Waals surface area contributed by atoms with Crippen LogP contribution in [0.3, 0.4) is 0 Å². The van der Waals surface area contributed by atoms with Gasteiger partial charge in [-0.3, -0.25) is 9.59 Å². The van der Waals surface area contributed by atoms with Crippen molar-refractivity contribution in [2.24, 2.45) is 5.10 Å². The number of carboxylic acid groups (broad SMARTS) is 1. The molecular formula is C11H15N3O4. The maximum absolute atomic E-state index is 11.9. The van der Waals surface area contributed by atoms with Gasteiger partial charge in [0.2, 0.25) is 5.91 Å². The maximum Gasteiger partial charge on any atom is 0.329 e. The molecule has 98 valence electrons. The summed E-state index contributed by atoms with van der Waals surface area (Å²) in [5.74, 6) is -1.65. The maximum atomic E-state index is 11.9. The number of nitrogens with zero attached hydrogens (tertiary/aromatic N) is 2. The van der Waals surface area contributed by atoms with Crippen molar-refractivity contribution in [3.63, 3.8) is 0 Å². The minimum Gasteiger partial charge on any atom is -0.480 e. The van der Waals surface area contributed by atoms with Crippen LogP contribution in [0.25, 0.3) is 0 Å². The van der Waals surface area contributed by atoms with Gasteiger partial charge in [0.05, 0.1) is 0 Å². The first-order valence-electron chi connectivity index (χ1n) is 5.84. The Bertz CT molecular complexity index is 440. The average molecular weight is 253 g/mol. The molecule has 0 radical (unpaired) electrons. The van der Waals surface area contributed by atoms with Crippen LogP contribution in [-0.4, -0.2) is 46.2 Å². The molecule has 7 nitrogen and oxygen atoms in total. The number of carbonyl (C=O) groups is 3. The fourth-order valence-corrected chi connectivity index (χ4v) is 2.05. The van der Waals surface area contributed by atoms with E-state index in [0.717, 1.165) is 11.4 Å². The Hall–Kier alpha value is -1.92. The molecule has 0 saturated heterocycles. The summed E-state index contributed by atoms with van der Waals surface area (Å²) >= 11 is 0. The molecule has 0 atom stereocenters. The van der Waals surface area contributed by atoms with Gasteiger partial charge in [-0.2, -0.15) is 5.10 Å². The lowest BCUT2D eigenvalue weighted by atomic mass is 9.76. The SMILES string of the molecule is CN1N=C(C(=O)NC2(C(=O)O)CCC2)CCC1=O. The monoisotopic (exact) mass is 253 g/mol. The van der Waals surface area contributed by atoms with Crippen LogP contribution < -0.4 is 5.32 Å². The topological polar surface area (TPSA) is 99.1 Å². The van der Waals surface area contributed by atoms with E-state index in [0.29, 0.717) is 12.8 Å². The molecule has 0 bridgehead atoms. The quantitative estimate of drug-likeness (QED) is 0.722. The summed E-state index contributed by atoms with van der Waals surface area (Å²) in [7, 11) is 1.48. The smallest absolute Gasteiger partial charge is 0.329 e. The third-order valence-electron chi connectivity index (χ3n) is 3.44. The zero-order chi connectivity index (χ0) is 13.3. The van der Waals surface area contributed by atoms with E-state index in [2.05, 4.69) is 10.4 Å². The Morgan fingerprint density at radius 2 is 2.06 bits per heavy atom. The zero-order valence-corrected chi connectivity index (χ0v) is 10.1. The number of nitrogens with one attached hydrogen (secondary N) is 1. The first-order chi connectivity index (χ1) is 8.44. The predicted octanol–water partition coefficient (Wildman–Crippen LogP) is -0.282. The number of rotatable bonds is 3. The number of amides is 2. The van der Waals surface area contributed by atoms with Crippen molar-refractivity contribution in [1.82, 2.24) is 10.3 Å². The van der Waals surface area contributed by atoms with E-state index in [1.165, 1.54) is 7.05 Å². The number of hydrazone groups is 1. The second kappa shape index (κ2) is 4.40. The molecule has 0 aromatic heterocycles. The lowest BCUT2D eigenvalue weighted by molar-refractivity contribution is -0.150. The van der Waals surface area contributed by atoms with Crippen LogP contribution in [0.2, 0.25) is 0 Å². The molecular weight excluding hydrogens is 238 g/mol. The molecule has 1 fully saturated rings. The summed E-state index contributed by atoms with van der Waals surface area (Å²) in [6.45, 7) is 0. The highest BCUT2D eigenvalue weighted by Gasteiger charge is 2.46. The molecule has 18 heavy (non-hydrogen) atoms. The third kappa shape index (κ3) is 2.07. The summed E-state index contributed by atoms with van der Waals surface area (Å²) in [6.07, 6.45) is 2.15. The molecule has 7 heteroatoms. The van der Waals surface area contributed by atoms with Gasteiger partial charge in [-0.15, -0.1) is 0 Å². The summed E-state index contributed by atoms with van der Waals surface area (Å²) < 4.78 is 0. The Balaban J connectivity index is 2.07. The summed E-state index contributed by atoms with van der Waals surface area (Å²) in [5.41, 5.74) is -0.927.